The number of hydrogen-bond donors (Lipinski definition) is 0. The van der Waals surface area contributed by atoms with Crippen molar-refractivity contribution in [3.63, 3.8) is 0 Å². The van der Waals surface area contributed by atoms with Crippen molar-refractivity contribution >= 4 is 44.8 Å². The lowest BCUT2D eigenvalue weighted by Crippen LogP contribution is -2.07. The van der Waals surface area contributed by atoms with E-state index in [2.05, 4.69) is 28.0 Å². The molecule has 0 heterocycles. The molecule has 0 amide bonds. The van der Waals surface area contributed by atoms with Gasteiger partial charge in [-0.15, -0.1) is 0 Å². The molecule has 7 heteroatoms. The number of nitrogens with zero attached hydrogens (tertiary/aromatic N) is 1. The van der Waals surface area contributed by atoms with Crippen LogP contribution in [0.25, 0.3) is 0 Å². The number of oxime groups is 1. The molecule has 1 aromatic rings. The van der Waals surface area contributed by atoms with E-state index in [1.165, 1.54) is 0 Å². The van der Waals surface area contributed by atoms with Gasteiger partial charge in [0.1, 0.15) is 29.2 Å². The Bertz CT molecular complexity index is 569. The zero-order valence-electron chi connectivity index (χ0n) is 13.4. The predicted molar refractivity (Wildman–Crippen MR) is 99.0 cm³/mol. The Morgan fingerprint density at radius 1 is 1.22 bits per heavy atom. The Morgan fingerprint density at radius 2 is 1.96 bits per heavy atom. The summed E-state index contributed by atoms with van der Waals surface area (Å²) in [5.74, 6) is 1.50. The van der Waals surface area contributed by atoms with Gasteiger partial charge in [0.15, 0.2) is 6.61 Å². The van der Waals surface area contributed by atoms with Crippen molar-refractivity contribution < 1.29 is 14.3 Å². The summed E-state index contributed by atoms with van der Waals surface area (Å²) in [4.78, 5) is 5.12. The molecule has 0 unspecified atom stereocenters. The molecule has 0 bridgehead atoms. The predicted octanol–water partition coefficient (Wildman–Crippen LogP) is 5.50. The third-order valence-electron chi connectivity index (χ3n) is 2.63. The number of rotatable bonds is 9. The number of hydrogen-bond acceptors (Lipinski definition) is 4. The van der Waals surface area contributed by atoms with Crippen molar-refractivity contribution in [1.29, 1.82) is 0 Å². The van der Waals surface area contributed by atoms with Gasteiger partial charge in [0.25, 0.3) is 0 Å². The smallest absolute Gasteiger partial charge is 0.151 e. The lowest BCUT2D eigenvalue weighted by Gasteiger charge is -2.14. The zero-order chi connectivity index (χ0) is 17.2. The highest BCUT2D eigenvalue weighted by atomic mass is 79.9. The van der Waals surface area contributed by atoms with Crippen molar-refractivity contribution in [1.82, 2.24) is 0 Å². The lowest BCUT2D eigenvalue weighted by molar-refractivity contribution is 0.106. The second kappa shape index (κ2) is 10.8. The maximum absolute atomic E-state index is 5.79. The maximum Gasteiger partial charge on any atom is 0.151 e. The van der Waals surface area contributed by atoms with Crippen LogP contribution in [0.3, 0.4) is 0 Å². The Hall–Kier alpha value is -0.910. The van der Waals surface area contributed by atoms with Crippen LogP contribution in [0.2, 0.25) is 0 Å². The van der Waals surface area contributed by atoms with Crippen LogP contribution in [0.4, 0.5) is 0 Å². The van der Waals surface area contributed by atoms with Gasteiger partial charge in [-0.3, -0.25) is 0 Å². The molecule has 0 aliphatic carbocycles. The van der Waals surface area contributed by atoms with E-state index in [0.29, 0.717) is 19.8 Å². The van der Waals surface area contributed by atoms with Gasteiger partial charge < -0.3 is 14.3 Å². The third kappa shape index (κ3) is 7.95. The molecule has 0 saturated heterocycles. The van der Waals surface area contributed by atoms with E-state index in [1.807, 2.05) is 26.0 Å². The van der Waals surface area contributed by atoms with Gasteiger partial charge in [-0.1, -0.05) is 35.3 Å². The third-order valence-corrected chi connectivity index (χ3v) is 3.53. The summed E-state index contributed by atoms with van der Waals surface area (Å²) in [7, 11) is 0. The highest BCUT2D eigenvalue weighted by Gasteiger charge is 2.10. The highest BCUT2D eigenvalue weighted by Crippen LogP contribution is 2.34. The molecular formula is C16H20BrCl2NO3. The van der Waals surface area contributed by atoms with Crippen LogP contribution in [0.1, 0.15) is 26.3 Å². The van der Waals surface area contributed by atoms with Crippen molar-refractivity contribution in [2.24, 2.45) is 5.16 Å². The minimum Gasteiger partial charge on any atom is -0.489 e. The first-order valence-electron chi connectivity index (χ1n) is 7.16. The molecule has 0 aliphatic rings. The molecule has 0 fully saturated rings. The standard InChI is InChI=1S/C16H20BrCl2NO3/c1-4-12-9-13(21-6-5-15(18)19)10-14(17)16(12)22-7-8-23-20-11(2)3/h5,9-10H,4,6-8H2,1-3H3. The fourth-order valence-electron chi connectivity index (χ4n) is 1.69. The first kappa shape index (κ1) is 20.1. The zero-order valence-corrected chi connectivity index (χ0v) is 16.5. The van der Waals surface area contributed by atoms with Gasteiger partial charge in [-0.25, -0.2) is 0 Å². The Kier molecular flexibility index (Phi) is 9.44. The SMILES string of the molecule is CCc1cc(OCC=C(Cl)Cl)cc(Br)c1OCCON=C(C)C. The van der Waals surface area contributed by atoms with Gasteiger partial charge in [0.05, 0.1) is 10.2 Å². The molecule has 0 aromatic heterocycles. The van der Waals surface area contributed by atoms with Crippen molar-refractivity contribution in [2.45, 2.75) is 27.2 Å². The van der Waals surface area contributed by atoms with Gasteiger partial charge in [-0.05, 0) is 60.0 Å². The largest absolute Gasteiger partial charge is 0.489 e. The van der Waals surface area contributed by atoms with Gasteiger partial charge in [-0.2, -0.15) is 0 Å². The van der Waals surface area contributed by atoms with Crippen LogP contribution in [0, 0.1) is 0 Å². The normalized spacial score (nSPS) is 10.0. The second-order valence-electron chi connectivity index (χ2n) is 4.77. The molecule has 0 N–H and O–H groups in total. The van der Waals surface area contributed by atoms with Crippen molar-refractivity contribution in [2.75, 3.05) is 19.8 Å². The van der Waals surface area contributed by atoms with E-state index in [1.54, 1.807) is 6.08 Å². The van der Waals surface area contributed by atoms with Gasteiger partial charge in [0, 0.05) is 0 Å². The summed E-state index contributed by atoms with van der Waals surface area (Å²) in [6.45, 7) is 6.90. The molecule has 0 saturated carbocycles. The summed E-state index contributed by atoms with van der Waals surface area (Å²) in [5.41, 5.74) is 1.90. The second-order valence-corrected chi connectivity index (χ2v) is 6.63. The quantitative estimate of drug-likeness (QED) is 0.298. The van der Waals surface area contributed by atoms with Crippen LogP contribution < -0.4 is 9.47 Å². The fraction of sp³-hybridized carbons (Fsp3) is 0.438. The maximum atomic E-state index is 5.79. The van der Waals surface area contributed by atoms with Gasteiger partial charge >= 0.3 is 0 Å². The van der Waals surface area contributed by atoms with Crippen molar-refractivity contribution in [3.8, 4) is 11.5 Å². The summed E-state index contributed by atoms with van der Waals surface area (Å²) in [5, 5.41) is 3.86. The van der Waals surface area contributed by atoms with E-state index < -0.39 is 0 Å². The Labute approximate surface area is 155 Å². The lowest BCUT2D eigenvalue weighted by atomic mass is 10.1. The first-order chi connectivity index (χ1) is 10.9. The molecule has 0 spiro atoms. The fourth-order valence-corrected chi connectivity index (χ4v) is 2.41. The first-order valence-corrected chi connectivity index (χ1v) is 8.71. The minimum absolute atomic E-state index is 0.185. The minimum atomic E-state index is 0.185. The number of aryl methyl sites for hydroxylation is 1. The van der Waals surface area contributed by atoms with E-state index in [0.717, 1.165) is 33.7 Å². The van der Waals surface area contributed by atoms with E-state index >= 15 is 0 Å². The topological polar surface area (TPSA) is 40.0 Å². The molecule has 0 radical (unpaired) electrons. The molecule has 0 aliphatic heterocycles. The summed E-state index contributed by atoms with van der Waals surface area (Å²) in [6, 6.07) is 3.78. The molecule has 4 nitrogen and oxygen atoms in total. The van der Waals surface area contributed by atoms with Crippen LogP contribution in [0.15, 0.2) is 32.3 Å². The molecule has 1 rings (SSSR count). The molecule has 128 valence electrons. The number of ether oxygens (including phenoxy) is 2. The molecular weight excluding hydrogens is 405 g/mol. The molecule has 1 aromatic carbocycles. The Balaban J connectivity index is 2.69. The highest BCUT2D eigenvalue weighted by molar-refractivity contribution is 9.10. The van der Waals surface area contributed by atoms with Gasteiger partial charge in [0.2, 0.25) is 0 Å². The van der Waals surface area contributed by atoms with Crippen molar-refractivity contribution in [3.05, 3.63) is 32.7 Å². The van der Waals surface area contributed by atoms with Crippen LogP contribution in [-0.2, 0) is 11.3 Å². The monoisotopic (exact) mass is 423 g/mol. The van der Waals surface area contributed by atoms with E-state index in [4.69, 9.17) is 37.5 Å². The molecule has 23 heavy (non-hydrogen) atoms. The Morgan fingerprint density at radius 3 is 2.57 bits per heavy atom. The average Bonchev–Trinajstić information content (AvgIpc) is 2.47. The number of halogens is 3. The summed E-state index contributed by atoms with van der Waals surface area (Å²) in [6.07, 6.45) is 2.39. The van der Waals surface area contributed by atoms with Crippen LogP contribution in [0.5, 0.6) is 11.5 Å². The molecule has 0 atom stereocenters. The summed E-state index contributed by atoms with van der Waals surface area (Å²) < 4.78 is 12.4. The van der Waals surface area contributed by atoms with Crippen LogP contribution >= 0.6 is 39.1 Å². The number of benzene rings is 1. The van der Waals surface area contributed by atoms with E-state index in [-0.39, 0.29) is 4.49 Å². The summed E-state index contributed by atoms with van der Waals surface area (Å²) >= 11 is 14.6. The average molecular weight is 425 g/mol. The van der Waals surface area contributed by atoms with Crippen LogP contribution in [-0.4, -0.2) is 25.5 Å². The van der Waals surface area contributed by atoms with E-state index in [9.17, 15) is 0 Å².